The van der Waals surface area contributed by atoms with E-state index >= 15 is 0 Å². The van der Waals surface area contributed by atoms with Gasteiger partial charge < -0.3 is 9.73 Å². The summed E-state index contributed by atoms with van der Waals surface area (Å²) >= 11 is 8.80. The van der Waals surface area contributed by atoms with Crippen LogP contribution in [0.4, 0.5) is 0 Å². The lowest BCUT2D eigenvalue weighted by molar-refractivity contribution is 0.0938. The minimum Gasteiger partial charge on any atom is -0.457 e. The summed E-state index contributed by atoms with van der Waals surface area (Å²) in [4.78, 5) is 11.6. The van der Waals surface area contributed by atoms with Crippen LogP contribution >= 0.6 is 27.5 Å². The second-order valence-corrected chi connectivity index (χ2v) is 3.87. The van der Waals surface area contributed by atoms with Gasteiger partial charge in [-0.05, 0) is 28.4 Å². The molecule has 1 N–H and O–H groups in total. The van der Waals surface area contributed by atoms with E-state index in [-0.39, 0.29) is 11.9 Å². The van der Waals surface area contributed by atoms with E-state index in [9.17, 15) is 4.79 Å². The molecule has 1 unspecified atom stereocenters. The molecule has 0 spiro atoms. The van der Waals surface area contributed by atoms with Gasteiger partial charge in [0, 0.05) is 11.9 Å². The van der Waals surface area contributed by atoms with Gasteiger partial charge in [0.2, 0.25) is 0 Å². The Balaban J connectivity index is 2.63. The van der Waals surface area contributed by atoms with E-state index < -0.39 is 0 Å². The summed E-state index contributed by atoms with van der Waals surface area (Å²) in [5.74, 6) is 0.246. The van der Waals surface area contributed by atoms with Crippen LogP contribution in [0.15, 0.2) is 21.4 Å². The molecular weight excluding hydrogens is 269 g/mol. The van der Waals surface area contributed by atoms with Crippen molar-refractivity contribution in [1.82, 2.24) is 5.32 Å². The van der Waals surface area contributed by atoms with Crippen LogP contribution in [0.25, 0.3) is 0 Å². The minimum absolute atomic E-state index is 0.00552. The monoisotopic (exact) mass is 279 g/mol. The average molecular weight is 281 g/mol. The van der Waals surface area contributed by atoms with E-state index in [4.69, 9.17) is 16.0 Å². The summed E-state index contributed by atoms with van der Waals surface area (Å²) < 4.78 is 5.40. The van der Waals surface area contributed by atoms with Crippen LogP contribution in [-0.2, 0) is 0 Å². The van der Waals surface area contributed by atoms with Crippen molar-refractivity contribution in [3.63, 3.8) is 0 Å². The molecule has 0 aliphatic heterocycles. The average Bonchev–Trinajstić information content (AvgIpc) is 2.60. The fourth-order valence-electron chi connectivity index (χ4n) is 0.969. The van der Waals surface area contributed by atoms with E-state index in [2.05, 4.69) is 21.2 Å². The molecule has 3 nitrogen and oxygen atoms in total. The van der Waals surface area contributed by atoms with Crippen molar-refractivity contribution in [3.05, 3.63) is 22.6 Å². The number of amides is 1. The maximum atomic E-state index is 11.6. The summed E-state index contributed by atoms with van der Waals surface area (Å²) in [6.45, 7) is 1.97. The molecule has 0 saturated heterocycles. The van der Waals surface area contributed by atoms with Crippen LogP contribution in [0.3, 0.4) is 0 Å². The summed E-state index contributed by atoms with van der Waals surface area (Å²) in [6, 6.07) is 1.62. The highest BCUT2D eigenvalue weighted by Crippen LogP contribution is 2.17. The largest absolute Gasteiger partial charge is 0.457 e. The third kappa shape index (κ3) is 2.75. The van der Waals surface area contributed by atoms with Crippen LogP contribution in [0.5, 0.6) is 0 Å². The summed E-state index contributed by atoms with van der Waals surface area (Å²) in [7, 11) is 0. The van der Waals surface area contributed by atoms with Gasteiger partial charge in [0.15, 0.2) is 4.67 Å². The van der Waals surface area contributed by atoms with Gasteiger partial charge in [-0.3, -0.25) is 4.79 Å². The van der Waals surface area contributed by atoms with E-state index in [1.54, 1.807) is 6.07 Å². The van der Waals surface area contributed by atoms with Gasteiger partial charge in [-0.15, -0.1) is 11.6 Å². The van der Waals surface area contributed by atoms with Crippen LogP contribution in [-0.4, -0.2) is 17.8 Å². The second kappa shape index (κ2) is 5.41. The third-order valence-electron chi connectivity index (χ3n) is 1.88. The molecule has 0 fully saturated rings. The number of carbonyl (C=O) groups excluding carboxylic acids is 1. The maximum Gasteiger partial charge on any atom is 0.256 e. The van der Waals surface area contributed by atoms with Crippen molar-refractivity contribution in [2.45, 2.75) is 19.4 Å². The molecule has 0 aromatic carbocycles. The molecule has 1 amide bonds. The van der Waals surface area contributed by atoms with Crippen molar-refractivity contribution < 1.29 is 9.21 Å². The lowest BCUT2D eigenvalue weighted by atomic mass is 10.2. The van der Waals surface area contributed by atoms with E-state index in [1.165, 1.54) is 6.26 Å². The van der Waals surface area contributed by atoms with Crippen molar-refractivity contribution in [2.24, 2.45) is 0 Å². The Morgan fingerprint density at radius 1 is 1.79 bits per heavy atom. The van der Waals surface area contributed by atoms with Gasteiger partial charge in [-0.1, -0.05) is 6.92 Å². The maximum absolute atomic E-state index is 11.6. The number of halogens is 2. The highest BCUT2D eigenvalue weighted by atomic mass is 79.9. The first-order valence-electron chi connectivity index (χ1n) is 4.28. The fraction of sp³-hybridized carbons (Fsp3) is 0.444. The zero-order valence-corrected chi connectivity index (χ0v) is 10.1. The Morgan fingerprint density at radius 3 is 2.93 bits per heavy atom. The van der Waals surface area contributed by atoms with E-state index in [0.717, 1.165) is 6.42 Å². The van der Waals surface area contributed by atoms with Gasteiger partial charge in [-0.2, -0.15) is 0 Å². The lowest BCUT2D eigenvalue weighted by Gasteiger charge is -2.12. The van der Waals surface area contributed by atoms with Crippen molar-refractivity contribution in [1.29, 1.82) is 0 Å². The van der Waals surface area contributed by atoms with Crippen molar-refractivity contribution in [3.8, 4) is 0 Å². The summed E-state index contributed by atoms with van der Waals surface area (Å²) in [5, 5.41) is 2.80. The molecule has 0 radical (unpaired) electrons. The first kappa shape index (κ1) is 11.6. The molecule has 1 aromatic rings. The highest BCUT2D eigenvalue weighted by Gasteiger charge is 2.15. The Hall–Kier alpha value is -0.480. The summed E-state index contributed by atoms with van der Waals surface area (Å²) in [6.07, 6.45) is 2.27. The van der Waals surface area contributed by atoms with Crippen molar-refractivity contribution >= 4 is 33.4 Å². The Bertz CT molecular complexity index is 310. The molecule has 0 bridgehead atoms. The summed E-state index contributed by atoms with van der Waals surface area (Å²) in [5.41, 5.74) is 0.494. The molecule has 0 aliphatic rings. The Kier molecular flexibility index (Phi) is 4.48. The quantitative estimate of drug-likeness (QED) is 0.862. The van der Waals surface area contributed by atoms with Crippen LogP contribution < -0.4 is 5.32 Å². The third-order valence-corrected chi connectivity index (χ3v) is 2.86. The van der Waals surface area contributed by atoms with Crippen LogP contribution in [0.1, 0.15) is 23.7 Å². The molecule has 0 aliphatic carbocycles. The molecule has 1 heterocycles. The van der Waals surface area contributed by atoms with Gasteiger partial charge in [-0.25, -0.2) is 0 Å². The van der Waals surface area contributed by atoms with Gasteiger partial charge in [0.25, 0.3) is 5.91 Å². The molecule has 1 rings (SSSR count). The number of alkyl halides is 1. The molecule has 1 atom stereocenters. The van der Waals surface area contributed by atoms with Gasteiger partial charge in [0.05, 0.1) is 11.8 Å². The highest BCUT2D eigenvalue weighted by molar-refractivity contribution is 9.10. The number of hydrogen-bond donors (Lipinski definition) is 1. The molecule has 0 saturated carbocycles. The van der Waals surface area contributed by atoms with Gasteiger partial charge >= 0.3 is 0 Å². The second-order valence-electron chi connectivity index (χ2n) is 2.84. The smallest absolute Gasteiger partial charge is 0.256 e. The molecule has 1 aromatic heterocycles. The molecule has 14 heavy (non-hydrogen) atoms. The number of furan rings is 1. The SMILES string of the molecule is CCC(CCl)NC(=O)c1ccoc1Br. The topological polar surface area (TPSA) is 42.2 Å². The van der Waals surface area contributed by atoms with Crippen molar-refractivity contribution in [2.75, 3.05) is 5.88 Å². The molecule has 78 valence electrons. The Labute approximate surface area is 95.9 Å². The number of rotatable bonds is 4. The number of hydrogen-bond acceptors (Lipinski definition) is 2. The van der Waals surface area contributed by atoms with E-state index in [1.807, 2.05) is 6.92 Å². The number of nitrogens with one attached hydrogen (secondary N) is 1. The van der Waals surface area contributed by atoms with Gasteiger partial charge in [0.1, 0.15) is 0 Å². The predicted molar refractivity (Wildman–Crippen MR) is 58.7 cm³/mol. The first-order valence-corrected chi connectivity index (χ1v) is 5.61. The fourth-order valence-corrected chi connectivity index (χ4v) is 1.68. The minimum atomic E-state index is -0.168. The van der Waals surface area contributed by atoms with E-state index in [0.29, 0.717) is 16.1 Å². The van der Waals surface area contributed by atoms with Crippen LogP contribution in [0, 0.1) is 0 Å². The predicted octanol–water partition coefficient (Wildman–Crippen LogP) is 2.79. The number of carbonyl (C=O) groups is 1. The normalized spacial score (nSPS) is 12.5. The molecular formula is C9H11BrClNO2. The lowest BCUT2D eigenvalue weighted by Crippen LogP contribution is -2.35. The first-order chi connectivity index (χ1) is 6.69. The molecule has 5 heteroatoms. The zero-order chi connectivity index (χ0) is 10.6. The zero-order valence-electron chi connectivity index (χ0n) is 7.72. The van der Waals surface area contributed by atoms with Crippen LogP contribution in [0.2, 0.25) is 0 Å². The standard InChI is InChI=1S/C9H11BrClNO2/c1-2-6(5-11)12-9(13)7-3-4-14-8(7)10/h3-4,6H,2,5H2,1H3,(H,12,13). The Morgan fingerprint density at radius 2 is 2.50 bits per heavy atom.